The van der Waals surface area contributed by atoms with Gasteiger partial charge in [0.15, 0.2) is 0 Å². The van der Waals surface area contributed by atoms with E-state index in [9.17, 15) is 4.79 Å². The number of amides is 1. The summed E-state index contributed by atoms with van der Waals surface area (Å²) in [5.41, 5.74) is 5.48. The molecule has 0 unspecified atom stereocenters. The summed E-state index contributed by atoms with van der Waals surface area (Å²) in [5, 5.41) is 0.177. The molecule has 1 amide bonds. The highest BCUT2D eigenvalue weighted by atomic mass is 35.5. The van der Waals surface area contributed by atoms with Crippen molar-refractivity contribution in [2.24, 2.45) is 5.73 Å². The van der Waals surface area contributed by atoms with Crippen LogP contribution in [0.5, 0.6) is 0 Å². The molecule has 5 nitrogen and oxygen atoms in total. The fourth-order valence-corrected chi connectivity index (χ4v) is 0.930. The highest BCUT2D eigenvalue weighted by molar-refractivity contribution is 6.28. The molecule has 1 rings (SSSR count). The van der Waals surface area contributed by atoms with Gasteiger partial charge in [-0.15, -0.1) is 0 Å². The number of rotatable bonds is 3. The van der Waals surface area contributed by atoms with Crippen LogP contribution in [0, 0.1) is 0 Å². The quantitative estimate of drug-likeness (QED) is 0.733. The molecule has 0 aromatic carbocycles. The van der Waals surface area contributed by atoms with Gasteiger partial charge in [-0.05, 0) is 17.7 Å². The molecule has 0 radical (unpaired) electrons. The molecule has 0 aliphatic rings. The van der Waals surface area contributed by atoms with Crippen LogP contribution >= 0.6 is 11.6 Å². The van der Waals surface area contributed by atoms with Gasteiger partial charge in [-0.3, -0.25) is 0 Å². The predicted molar refractivity (Wildman–Crippen MR) is 46.3 cm³/mol. The minimum Gasteiger partial charge on any atom is -0.449 e. The Kier molecular flexibility index (Phi) is 3.45. The van der Waals surface area contributed by atoms with Crippen LogP contribution in [-0.2, 0) is 11.2 Å². The van der Waals surface area contributed by atoms with Crippen molar-refractivity contribution in [1.82, 2.24) is 9.97 Å². The number of aromatic nitrogens is 2. The second kappa shape index (κ2) is 4.61. The molecule has 0 fully saturated rings. The Balaban J connectivity index is 2.41. The van der Waals surface area contributed by atoms with E-state index in [1.54, 1.807) is 6.07 Å². The van der Waals surface area contributed by atoms with Gasteiger partial charge >= 0.3 is 6.09 Å². The van der Waals surface area contributed by atoms with Crippen molar-refractivity contribution in [3.8, 4) is 0 Å². The zero-order chi connectivity index (χ0) is 9.68. The zero-order valence-electron chi connectivity index (χ0n) is 6.74. The molecule has 0 spiro atoms. The largest absolute Gasteiger partial charge is 0.449 e. The molecule has 1 aromatic heterocycles. The van der Waals surface area contributed by atoms with E-state index in [0.717, 1.165) is 0 Å². The van der Waals surface area contributed by atoms with Crippen molar-refractivity contribution in [1.29, 1.82) is 0 Å². The fraction of sp³-hybridized carbons (Fsp3) is 0.286. The smallest absolute Gasteiger partial charge is 0.404 e. The van der Waals surface area contributed by atoms with Gasteiger partial charge < -0.3 is 10.5 Å². The molecule has 1 aromatic rings. The number of halogens is 1. The molecule has 1 heterocycles. The van der Waals surface area contributed by atoms with Crippen LogP contribution in [0.3, 0.4) is 0 Å². The second-order valence-electron chi connectivity index (χ2n) is 2.23. The first-order valence-corrected chi connectivity index (χ1v) is 3.96. The number of carbonyl (C=O) groups excluding carboxylic acids is 1. The Labute approximate surface area is 79.9 Å². The van der Waals surface area contributed by atoms with Gasteiger partial charge in [0.1, 0.15) is 0 Å². The summed E-state index contributed by atoms with van der Waals surface area (Å²) >= 11 is 5.53. The highest BCUT2D eigenvalue weighted by Gasteiger charge is 1.98. The number of nitrogens with two attached hydrogens (primary N) is 1. The van der Waals surface area contributed by atoms with E-state index < -0.39 is 6.09 Å². The maximum Gasteiger partial charge on any atom is 0.404 e. The van der Waals surface area contributed by atoms with Gasteiger partial charge in [0.2, 0.25) is 5.28 Å². The van der Waals surface area contributed by atoms with Gasteiger partial charge in [-0.2, -0.15) is 0 Å². The third-order valence-corrected chi connectivity index (χ3v) is 1.47. The van der Waals surface area contributed by atoms with Gasteiger partial charge in [0, 0.05) is 18.3 Å². The van der Waals surface area contributed by atoms with Crippen LogP contribution in [0.2, 0.25) is 5.28 Å². The lowest BCUT2D eigenvalue weighted by molar-refractivity contribution is 0.158. The van der Waals surface area contributed by atoms with E-state index in [2.05, 4.69) is 14.7 Å². The Morgan fingerprint density at radius 3 is 3.08 bits per heavy atom. The van der Waals surface area contributed by atoms with Crippen LogP contribution in [0.15, 0.2) is 12.3 Å². The van der Waals surface area contributed by atoms with E-state index in [-0.39, 0.29) is 11.9 Å². The number of ether oxygens (including phenoxy) is 1. The molecule has 70 valence electrons. The average Bonchev–Trinajstić information content (AvgIpc) is 2.03. The molecular weight excluding hydrogens is 194 g/mol. The molecule has 0 atom stereocenters. The van der Waals surface area contributed by atoms with Crippen LogP contribution in [-0.4, -0.2) is 22.7 Å². The number of nitrogens with zero attached hydrogens (tertiary/aromatic N) is 2. The molecule has 0 aliphatic heterocycles. The number of primary amides is 1. The summed E-state index contributed by atoms with van der Waals surface area (Å²) in [6, 6.07) is 1.69. The standard InChI is InChI=1S/C7H8ClN3O2/c8-6-10-3-1-5(11-6)2-4-13-7(9)12/h1,3H,2,4H2,(H2,9,12). The third-order valence-electron chi connectivity index (χ3n) is 1.29. The Bertz CT molecular complexity index is 306. The van der Waals surface area contributed by atoms with E-state index in [4.69, 9.17) is 17.3 Å². The lowest BCUT2D eigenvalue weighted by Gasteiger charge is -2.00. The topological polar surface area (TPSA) is 78.1 Å². The van der Waals surface area contributed by atoms with Crippen molar-refractivity contribution in [3.05, 3.63) is 23.2 Å². The maximum absolute atomic E-state index is 10.2. The van der Waals surface area contributed by atoms with Gasteiger partial charge in [0.05, 0.1) is 6.61 Å². The number of hydrogen-bond donors (Lipinski definition) is 1. The molecule has 0 bridgehead atoms. The first-order chi connectivity index (χ1) is 6.18. The summed E-state index contributed by atoms with van der Waals surface area (Å²) in [4.78, 5) is 17.8. The Hall–Kier alpha value is -1.36. The highest BCUT2D eigenvalue weighted by Crippen LogP contribution is 2.01. The van der Waals surface area contributed by atoms with E-state index in [1.807, 2.05) is 0 Å². The summed E-state index contributed by atoms with van der Waals surface area (Å²) in [7, 11) is 0. The van der Waals surface area contributed by atoms with Crippen LogP contribution in [0.4, 0.5) is 4.79 Å². The van der Waals surface area contributed by atoms with Gasteiger partial charge in [0.25, 0.3) is 0 Å². The molecular formula is C7H8ClN3O2. The zero-order valence-corrected chi connectivity index (χ0v) is 7.49. The molecule has 2 N–H and O–H groups in total. The van der Waals surface area contributed by atoms with Gasteiger partial charge in [-0.1, -0.05) is 0 Å². The normalized spacial score (nSPS) is 9.62. The van der Waals surface area contributed by atoms with Crippen molar-refractivity contribution in [3.63, 3.8) is 0 Å². The molecule has 0 saturated heterocycles. The molecule has 6 heteroatoms. The monoisotopic (exact) mass is 201 g/mol. The predicted octanol–water partition coefficient (Wildman–Crippen LogP) is 0.768. The Morgan fingerprint density at radius 1 is 1.69 bits per heavy atom. The molecule has 0 saturated carbocycles. The summed E-state index contributed by atoms with van der Waals surface area (Å²) in [6.45, 7) is 0.197. The van der Waals surface area contributed by atoms with Crippen molar-refractivity contribution in [2.45, 2.75) is 6.42 Å². The van der Waals surface area contributed by atoms with Crippen LogP contribution in [0.25, 0.3) is 0 Å². The van der Waals surface area contributed by atoms with Crippen molar-refractivity contribution >= 4 is 17.7 Å². The van der Waals surface area contributed by atoms with E-state index in [0.29, 0.717) is 12.1 Å². The number of carbonyl (C=O) groups is 1. The van der Waals surface area contributed by atoms with Gasteiger partial charge in [-0.25, -0.2) is 14.8 Å². The van der Waals surface area contributed by atoms with Crippen molar-refractivity contribution in [2.75, 3.05) is 6.61 Å². The van der Waals surface area contributed by atoms with E-state index in [1.165, 1.54) is 6.20 Å². The summed E-state index contributed by atoms with van der Waals surface area (Å²) in [6.07, 6.45) is 1.22. The summed E-state index contributed by atoms with van der Waals surface area (Å²) < 4.78 is 4.52. The fourth-order valence-electron chi connectivity index (χ4n) is 0.765. The second-order valence-corrected chi connectivity index (χ2v) is 2.57. The van der Waals surface area contributed by atoms with Crippen molar-refractivity contribution < 1.29 is 9.53 Å². The minimum atomic E-state index is -0.792. The average molecular weight is 202 g/mol. The maximum atomic E-state index is 10.2. The number of hydrogen-bond acceptors (Lipinski definition) is 4. The Morgan fingerprint density at radius 2 is 2.46 bits per heavy atom. The SMILES string of the molecule is NC(=O)OCCc1ccnc(Cl)n1. The first kappa shape index (κ1) is 9.73. The van der Waals surface area contributed by atoms with Crippen LogP contribution in [0.1, 0.15) is 5.69 Å². The van der Waals surface area contributed by atoms with Crippen LogP contribution < -0.4 is 5.73 Å². The van der Waals surface area contributed by atoms with E-state index >= 15 is 0 Å². The minimum absolute atomic E-state index is 0.177. The first-order valence-electron chi connectivity index (χ1n) is 3.58. The summed E-state index contributed by atoms with van der Waals surface area (Å²) in [5.74, 6) is 0. The molecule has 13 heavy (non-hydrogen) atoms. The lowest BCUT2D eigenvalue weighted by atomic mass is 10.3. The molecule has 0 aliphatic carbocycles. The lowest BCUT2D eigenvalue weighted by Crippen LogP contribution is -2.15. The third kappa shape index (κ3) is 3.71.